The summed E-state index contributed by atoms with van der Waals surface area (Å²) in [6, 6.07) is 6.63. The van der Waals surface area contributed by atoms with Crippen LogP contribution < -0.4 is 11.1 Å². The molecule has 4 aromatic rings. The summed E-state index contributed by atoms with van der Waals surface area (Å²) in [5, 5.41) is 20.0. The van der Waals surface area contributed by atoms with Gasteiger partial charge in [-0.1, -0.05) is 6.07 Å². The highest BCUT2D eigenvalue weighted by atomic mass is 35.5. The van der Waals surface area contributed by atoms with Crippen LogP contribution in [-0.2, 0) is 30.4 Å². The van der Waals surface area contributed by atoms with Crippen molar-refractivity contribution in [1.29, 1.82) is 0 Å². The monoisotopic (exact) mass is 631 g/mol. The Morgan fingerprint density at radius 1 is 0.800 bits per heavy atom. The summed E-state index contributed by atoms with van der Waals surface area (Å²) in [4.78, 5) is 8.64. The number of anilines is 3. The average molecular weight is 632 g/mol. The van der Waals surface area contributed by atoms with E-state index in [1.165, 1.54) is 6.07 Å². The molecule has 1 aromatic heterocycles. The molecule has 17 nitrogen and oxygen atoms in total. The van der Waals surface area contributed by atoms with Crippen LogP contribution in [0.1, 0.15) is 0 Å². The van der Waals surface area contributed by atoms with Crippen LogP contribution in [0.3, 0.4) is 0 Å². The van der Waals surface area contributed by atoms with Crippen LogP contribution in [0, 0.1) is 0 Å². The Morgan fingerprint density at radius 2 is 1.48 bits per heavy atom. The zero-order valence-electron chi connectivity index (χ0n) is 19.2. The third kappa shape index (κ3) is 6.22. The van der Waals surface area contributed by atoms with E-state index >= 15 is 0 Å². The second kappa shape index (κ2) is 10.2. The lowest BCUT2D eigenvalue weighted by Gasteiger charge is -2.10. The molecule has 40 heavy (non-hydrogen) atoms. The molecule has 0 amide bonds. The second-order valence-corrected chi connectivity index (χ2v) is 12.2. The lowest BCUT2D eigenvalue weighted by atomic mass is 10.1. The number of nitrogens with one attached hydrogen (secondary N) is 1. The third-order valence-electron chi connectivity index (χ3n) is 4.97. The number of azo groups is 1. The Hall–Kier alpha value is -4.05. The number of nitrogen functional groups attached to an aromatic ring is 1. The summed E-state index contributed by atoms with van der Waals surface area (Å²) < 4.78 is 99.2. The molecular weight excluding hydrogens is 618 g/mol. The van der Waals surface area contributed by atoms with Crippen molar-refractivity contribution in [1.82, 2.24) is 15.0 Å². The quantitative estimate of drug-likeness (QED) is 0.126. The van der Waals surface area contributed by atoms with Crippen molar-refractivity contribution < 1.29 is 44.0 Å². The smallest absolute Gasteiger partial charge is 0.298 e. The van der Waals surface area contributed by atoms with Crippen molar-refractivity contribution in [2.45, 2.75) is 14.7 Å². The number of benzene rings is 3. The number of fused-ring (bicyclic) bond motifs is 1. The molecule has 3 aromatic carbocycles. The number of rotatable bonds is 7. The fraction of sp³-hybridized carbons (Fsp3) is 0. The molecule has 0 spiro atoms. The van der Waals surface area contributed by atoms with Gasteiger partial charge in [-0.05, 0) is 53.4 Å². The van der Waals surface area contributed by atoms with Crippen LogP contribution >= 0.6 is 11.6 Å². The van der Waals surface area contributed by atoms with Gasteiger partial charge in [0, 0.05) is 11.1 Å². The number of hydrogen-bond donors (Lipinski definition) is 6. The molecule has 7 N–H and O–H groups in total. The molecule has 0 aliphatic rings. The Kier molecular flexibility index (Phi) is 7.36. The molecule has 0 aliphatic carbocycles. The molecule has 0 bridgehead atoms. The first-order chi connectivity index (χ1) is 18.4. The highest BCUT2D eigenvalue weighted by Crippen LogP contribution is 2.42. The van der Waals surface area contributed by atoms with Crippen LogP contribution in [0.2, 0.25) is 5.28 Å². The molecule has 1 heterocycles. The van der Waals surface area contributed by atoms with E-state index in [4.69, 9.17) is 17.3 Å². The van der Waals surface area contributed by atoms with Crippen molar-refractivity contribution in [3.63, 3.8) is 0 Å². The molecular formula is C19H14ClN7O10S3. The lowest BCUT2D eigenvalue weighted by Crippen LogP contribution is -2.04. The Morgan fingerprint density at radius 3 is 2.08 bits per heavy atom. The second-order valence-electron chi connectivity index (χ2n) is 7.67. The van der Waals surface area contributed by atoms with Crippen molar-refractivity contribution in [2.75, 3.05) is 11.1 Å². The van der Waals surface area contributed by atoms with E-state index in [1.807, 2.05) is 0 Å². The fourth-order valence-corrected chi connectivity index (χ4v) is 5.24. The highest BCUT2D eigenvalue weighted by molar-refractivity contribution is 7.86. The molecule has 4 rings (SSSR count). The van der Waals surface area contributed by atoms with Gasteiger partial charge in [0.05, 0.1) is 4.90 Å². The van der Waals surface area contributed by atoms with Crippen LogP contribution in [0.25, 0.3) is 10.8 Å². The van der Waals surface area contributed by atoms with Crippen molar-refractivity contribution in [2.24, 2.45) is 10.2 Å². The lowest BCUT2D eigenvalue weighted by molar-refractivity contribution is 0.445. The van der Waals surface area contributed by atoms with Gasteiger partial charge in [-0.3, -0.25) is 13.7 Å². The third-order valence-corrected chi connectivity index (χ3v) is 7.76. The number of halogens is 1. The van der Waals surface area contributed by atoms with E-state index in [9.17, 15) is 44.0 Å². The number of phenols is 1. The number of nitrogens with zero attached hydrogens (tertiary/aromatic N) is 5. The standard InChI is InChI=1S/C19H14ClN7O10S3/c20-17-23-18(21)25-19(24-17)22-9-1-4-13(39(32,33)34)12(7-9)26-27-15-11-3-2-10(38(29,30)31)5-8(11)6-14(16(15)28)40(35,36)37/h1-7,28H,(H,29,30,31)(H,32,33,34)(H,35,36,37)(H3,21,22,23,24,25). The summed E-state index contributed by atoms with van der Waals surface area (Å²) in [5.41, 5.74) is 4.39. The van der Waals surface area contributed by atoms with Gasteiger partial charge in [0.2, 0.25) is 17.2 Å². The number of aromatic nitrogens is 3. The number of phenolic OH excluding ortho intramolecular Hbond substituents is 1. The van der Waals surface area contributed by atoms with E-state index in [2.05, 4.69) is 30.5 Å². The Balaban J connectivity index is 1.92. The van der Waals surface area contributed by atoms with Gasteiger partial charge in [0.1, 0.15) is 21.2 Å². The zero-order valence-corrected chi connectivity index (χ0v) is 22.4. The topological polar surface area (TPSA) is 285 Å². The minimum Gasteiger partial charge on any atom is -0.504 e. The highest BCUT2D eigenvalue weighted by Gasteiger charge is 2.23. The number of hydrogen-bond acceptors (Lipinski definition) is 14. The summed E-state index contributed by atoms with van der Waals surface area (Å²) >= 11 is 5.73. The van der Waals surface area contributed by atoms with Gasteiger partial charge >= 0.3 is 0 Å². The molecule has 0 saturated heterocycles. The molecule has 0 saturated carbocycles. The van der Waals surface area contributed by atoms with E-state index in [0.717, 1.165) is 30.3 Å². The zero-order chi connectivity index (χ0) is 29.6. The van der Waals surface area contributed by atoms with Crippen LogP contribution in [0.4, 0.5) is 29.0 Å². The van der Waals surface area contributed by atoms with Gasteiger partial charge in [0.15, 0.2) is 5.75 Å². The van der Waals surface area contributed by atoms with Crippen LogP contribution in [0.15, 0.2) is 67.4 Å². The fourth-order valence-electron chi connectivity index (χ4n) is 3.33. The maximum absolute atomic E-state index is 11.9. The Labute approximate surface area is 229 Å². The first kappa shape index (κ1) is 28.9. The van der Waals surface area contributed by atoms with Gasteiger partial charge in [-0.25, -0.2) is 0 Å². The van der Waals surface area contributed by atoms with Gasteiger partial charge in [0.25, 0.3) is 30.4 Å². The molecule has 0 fully saturated rings. The SMILES string of the molecule is Nc1nc(Cl)nc(Nc2ccc(S(=O)(=O)O)c(N=Nc3c(O)c(S(=O)(=O)O)cc4cc(S(=O)(=O)O)ccc34)c2)n1. The number of nitrogens with two attached hydrogens (primary N) is 1. The van der Waals surface area contributed by atoms with E-state index < -0.39 is 62.2 Å². The van der Waals surface area contributed by atoms with Crippen molar-refractivity contribution in [3.05, 3.63) is 47.7 Å². The maximum atomic E-state index is 11.9. The summed E-state index contributed by atoms with van der Waals surface area (Å²) in [7, 11) is -14.8. The van der Waals surface area contributed by atoms with E-state index in [0.29, 0.717) is 6.07 Å². The number of aromatic hydroxyl groups is 1. The summed E-state index contributed by atoms with van der Waals surface area (Å²) in [6.45, 7) is 0. The first-order valence-corrected chi connectivity index (χ1v) is 14.9. The minimum absolute atomic E-state index is 0.0709. The Bertz CT molecular complexity index is 2030. The first-order valence-electron chi connectivity index (χ1n) is 10.2. The molecule has 0 aliphatic heterocycles. The van der Waals surface area contributed by atoms with E-state index in [-0.39, 0.29) is 33.6 Å². The van der Waals surface area contributed by atoms with Gasteiger partial charge in [-0.2, -0.15) is 40.2 Å². The van der Waals surface area contributed by atoms with Crippen LogP contribution in [-0.4, -0.2) is 59.0 Å². The van der Waals surface area contributed by atoms with Crippen LogP contribution in [0.5, 0.6) is 5.75 Å². The summed E-state index contributed by atoms with van der Waals surface area (Å²) in [5.74, 6) is -1.52. The average Bonchev–Trinajstić information content (AvgIpc) is 2.80. The van der Waals surface area contributed by atoms with Gasteiger partial charge < -0.3 is 16.2 Å². The molecule has 0 atom stereocenters. The largest absolute Gasteiger partial charge is 0.504 e. The minimum atomic E-state index is -5.11. The van der Waals surface area contributed by atoms with Gasteiger partial charge in [-0.15, -0.1) is 10.2 Å². The summed E-state index contributed by atoms with van der Waals surface area (Å²) in [6.07, 6.45) is 0. The molecule has 210 valence electrons. The van der Waals surface area contributed by atoms with Crippen molar-refractivity contribution >= 4 is 81.7 Å². The predicted molar refractivity (Wildman–Crippen MR) is 138 cm³/mol. The maximum Gasteiger partial charge on any atom is 0.298 e. The van der Waals surface area contributed by atoms with E-state index in [1.54, 1.807) is 0 Å². The molecule has 21 heteroatoms. The molecule has 0 radical (unpaired) electrons. The molecule has 0 unspecified atom stereocenters. The normalized spacial score (nSPS) is 12.7. The van der Waals surface area contributed by atoms with Crippen molar-refractivity contribution in [3.8, 4) is 5.75 Å². The predicted octanol–water partition coefficient (Wildman–Crippen LogP) is 2.87.